The molecule has 1 N–H and O–H groups in total. The predicted molar refractivity (Wildman–Crippen MR) is 63.2 cm³/mol. The van der Waals surface area contributed by atoms with Crippen LogP contribution in [0, 0.1) is 5.92 Å². The van der Waals surface area contributed by atoms with E-state index in [1.807, 2.05) is 13.8 Å². The van der Waals surface area contributed by atoms with Gasteiger partial charge in [0.15, 0.2) is 0 Å². The average Bonchev–Trinajstić information content (AvgIpc) is 2.30. The van der Waals surface area contributed by atoms with Crippen LogP contribution in [-0.2, 0) is 0 Å². The van der Waals surface area contributed by atoms with Gasteiger partial charge in [-0.25, -0.2) is 8.78 Å². The lowest BCUT2D eigenvalue weighted by atomic mass is 9.95. The van der Waals surface area contributed by atoms with Gasteiger partial charge in [-0.05, 0) is 12.8 Å². The van der Waals surface area contributed by atoms with E-state index >= 15 is 0 Å². The Labute approximate surface area is 106 Å². The minimum atomic E-state index is -3.92. The number of piperazine rings is 1. The van der Waals surface area contributed by atoms with Gasteiger partial charge in [0, 0.05) is 25.2 Å². The van der Waals surface area contributed by atoms with Gasteiger partial charge in [-0.1, -0.05) is 20.3 Å². The Hall–Kier alpha value is -0.360. The Balaban J connectivity index is 2.63. The fourth-order valence-electron chi connectivity index (χ4n) is 2.17. The molecular weight excluding hydrogens is 248 g/mol. The van der Waals surface area contributed by atoms with Gasteiger partial charge in [0.05, 0.1) is 6.54 Å². The molecule has 3 atom stereocenters. The molecule has 0 aliphatic carbocycles. The van der Waals surface area contributed by atoms with Crippen molar-refractivity contribution in [3.05, 3.63) is 0 Å². The maximum atomic E-state index is 13.1. The summed E-state index contributed by atoms with van der Waals surface area (Å²) in [6.45, 7) is 5.95. The van der Waals surface area contributed by atoms with Crippen molar-refractivity contribution in [3.63, 3.8) is 0 Å². The molecule has 0 aromatic rings. The zero-order valence-electron chi connectivity index (χ0n) is 11.1. The first-order valence-electron chi connectivity index (χ1n) is 6.41. The molecule has 108 valence electrons. The summed E-state index contributed by atoms with van der Waals surface area (Å²) in [6, 6.07) is -0.0467. The normalized spacial score (nSPS) is 28.7. The summed E-state index contributed by atoms with van der Waals surface area (Å²) in [5.74, 6) is -3.58. The molecule has 0 aromatic carbocycles. The Morgan fingerprint density at radius 1 is 1.39 bits per heavy atom. The predicted octanol–water partition coefficient (Wildman–Crippen LogP) is 2.60. The van der Waals surface area contributed by atoms with Crippen LogP contribution in [0.15, 0.2) is 0 Å². The van der Waals surface area contributed by atoms with Crippen molar-refractivity contribution in [2.24, 2.45) is 5.92 Å². The number of alkyl halides is 4. The first-order chi connectivity index (χ1) is 8.27. The summed E-state index contributed by atoms with van der Waals surface area (Å²) in [6.07, 6.45) is -2.66. The number of halogens is 4. The highest BCUT2D eigenvalue weighted by Gasteiger charge is 2.44. The van der Waals surface area contributed by atoms with E-state index in [1.54, 1.807) is 6.92 Å². The fraction of sp³-hybridized carbons (Fsp3) is 1.00. The zero-order chi connectivity index (χ0) is 13.9. The SMILES string of the molecule is CCC(C)C1CN(CC(F)(F)C(F)F)C(C)CN1. The molecular formula is C12H22F4N2. The van der Waals surface area contributed by atoms with Crippen molar-refractivity contribution in [2.45, 2.75) is 51.6 Å². The van der Waals surface area contributed by atoms with Gasteiger partial charge in [-0.15, -0.1) is 0 Å². The highest BCUT2D eigenvalue weighted by Crippen LogP contribution is 2.26. The van der Waals surface area contributed by atoms with Crippen molar-refractivity contribution in [1.82, 2.24) is 10.2 Å². The highest BCUT2D eigenvalue weighted by molar-refractivity contribution is 4.89. The lowest BCUT2D eigenvalue weighted by Crippen LogP contribution is -2.60. The number of hydrogen-bond donors (Lipinski definition) is 1. The second kappa shape index (κ2) is 6.19. The molecule has 3 unspecified atom stereocenters. The molecule has 18 heavy (non-hydrogen) atoms. The topological polar surface area (TPSA) is 15.3 Å². The maximum Gasteiger partial charge on any atom is 0.319 e. The summed E-state index contributed by atoms with van der Waals surface area (Å²) in [5, 5.41) is 3.29. The largest absolute Gasteiger partial charge is 0.319 e. The third-order valence-electron chi connectivity index (χ3n) is 3.79. The molecule has 1 aliphatic rings. The number of rotatable bonds is 5. The van der Waals surface area contributed by atoms with E-state index < -0.39 is 18.9 Å². The molecule has 1 fully saturated rings. The van der Waals surface area contributed by atoms with E-state index in [4.69, 9.17) is 0 Å². The van der Waals surface area contributed by atoms with Crippen LogP contribution in [0.2, 0.25) is 0 Å². The van der Waals surface area contributed by atoms with E-state index in [0.29, 0.717) is 19.0 Å². The molecule has 0 saturated carbocycles. The van der Waals surface area contributed by atoms with E-state index in [9.17, 15) is 17.6 Å². The summed E-state index contributed by atoms with van der Waals surface area (Å²) in [4.78, 5) is 1.47. The summed E-state index contributed by atoms with van der Waals surface area (Å²) >= 11 is 0. The van der Waals surface area contributed by atoms with Gasteiger partial charge in [0.1, 0.15) is 0 Å². The van der Waals surface area contributed by atoms with Crippen molar-refractivity contribution in [3.8, 4) is 0 Å². The fourth-order valence-corrected chi connectivity index (χ4v) is 2.17. The van der Waals surface area contributed by atoms with Gasteiger partial charge in [0.2, 0.25) is 0 Å². The molecule has 0 amide bonds. The minimum Gasteiger partial charge on any atom is -0.311 e. The molecule has 1 saturated heterocycles. The van der Waals surface area contributed by atoms with Gasteiger partial charge >= 0.3 is 12.3 Å². The van der Waals surface area contributed by atoms with E-state index in [-0.39, 0.29) is 12.1 Å². The van der Waals surface area contributed by atoms with Crippen LogP contribution in [0.1, 0.15) is 27.2 Å². The molecule has 0 radical (unpaired) electrons. The van der Waals surface area contributed by atoms with E-state index in [2.05, 4.69) is 5.32 Å². The smallest absolute Gasteiger partial charge is 0.311 e. The highest BCUT2D eigenvalue weighted by atomic mass is 19.3. The lowest BCUT2D eigenvalue weighted by molar-refractivity contribution is -0.148. The van der Waals surface area contributed by atoms with E-state index in [1.165, 1.54) is 4.90 Å². The van der Waals surface area contributed by atoms with Crippen LogP contribution >= 0.6 is 0 Å². The van der Waals surface area contributed by atoms with Crippen LogP contribution in [0.3, 0.4) is 0 Å². The molecule has 1 heterocycles. The van der Waals surface area contributed by atoms with Crippen LogP contribution in [-0.4, -0.2) is 49.0 Å². The molecule has 6 heteroatoms. The van der Waals surface area contributed by atoms with Crippen LogP contribution in [0.5, 0.6) is 0 Å². The molecule has 2 nitrogen and oxygen atoms in total. The van der Waals surface area contributed by atoms with Gasteiger partial charge in [-0.2, -0.15) is 8.78 Å². The number of nitrogens with zero attached hydrogens (tertiary/aromatic N) is 1. The first kappa shape index (κ1) is 15.7. The molecule has 0 spiro atoms. The first-order valence-corrected chi connectivity index (χ1v) is 6.41. The number of nitrogens with one attached hydrogen (secondary N) is 1. The number of hydrogen-bond acceptors (Lipinski definition) is 2. The van der Waals surface area contributed by atoms with Crippen molar-refractivity contribution in [2.75, 3.05) is 19.6 Å². The lowest BCUT2D eigenvalue weighted by Gasteiger charge is -2.42. The zero-order valence-corrected chi connectivity index (χ0v) is 11.1. The summed E-state index contributed by atoms with van der Waals surface area (Å²) in [7, 11) is 0. The van der Waals surface area contributed by atoms with Crippen LogP contribution < -0.4 is 5.32 Å². The summed E-state index contributed by atoms with van der Waals surface area (Å²) < 4.78 is 50.7. The van der Waals surface area contributed by atoms with Crippen molar-refractivity contribution >= 4 is 0 Å². The third-order valence-corrected chi connectivity index (χ3v) is 3.79. The Morgan fingerprint density at radius 2 is 2.00 bits per heavy atom. The molecule has 0 aromatic heterocycles. The average molecular weight is 270 g/mol. The maximum absolute atomic E-state index is 13.1. The van der Waals surface area contributed by atoms with Crippen molar-refractivity contribution in [1.29, 1.82) is 0 Å². The van der Waals surface area contributed by atoms with Gasteiger partial charge < -0.3 is 5.32 Å². The van der Waals surface area contributed by atoms with E-state index in [0.717, 1.165) is 6.42 Å². The monoisotopic (exact) mass is 270 g/mol. The molecule has 1 rings (SSSR count). The van der Waals surface area contributed by atoms with Crippen molar-refractivity contribution < 1.29 is 17.6 Å². The standard InChI is InChI=1S/C12H22F4N2/c1-4-8(2)10-6-18(9(3)5-17-10)7-12(15,16)11(13)14/h8-11,17H,4-7H2,1-3H3. The van der Waals surface area contributed by atoms with Gasteiger partial charge in [0.25, 0.3) is 0 Å². The third kappa shape index (κ3) is 3.82. The minimum absolute atomic E-state index is 0.0969. The van der Waals surface area contributed by atoms with Crippen LogP contribution in [0.4, 0.5) is 17.6 Å². The summed E-state index contributed by atoms with van der Waals surface area (Å²) in [5.41, 5.74) is 0. The molecule has 1 aliphatic heterocycles. The molecule has 0 bridgehead atoms. The van der Waals surface area contributed by atoms with Gasteiger partial charge in [-0.3, -0.25) is 4.90 Å². The quantitative estimate of drug-likeness (QED) is 0.773. The Morgan fingerprint density at radius 3 is 2.50 bits per heavy atom. The second-order valence-corrected chi connectivity index (χ2v) is 5.24. The van der Waals surface area contributed by atoms with Crippen LogP contribution in [0.25, 0.3) is 0 Å². The Bertz CT molecular complexity index is 260. The second-order valence-electron chi connectivity index (χ2n) is 5.24. The Kier molecular flexibility index (Phi) is 5.40.